The van der Waals surface area contributed by atoms with Gasteiger partial charge in [0.05, 0.1) is 27.7 Å². The maximum atomic E-state index is 12.9. The second-order valence-electron chi connectivity index (χ2n) is 16.5. The van der Waals surface area contributed by atoms with Crippen molar-refractivity contribution in [2.75, 3.05) is 40.9 Å². The van der Waals surface area contributed by atoms with Gasteiger partial charge < -0.3 is 33.4 Å². The van der Waals surface area contributed by atoms with E-state index in [1.54, 1.807) is 0 Å². The molecular formula is C44H84NO9P. The number of likely N-dealkylation sites (N-methyl/N-ethyl adjacent to an activating group) is 1. The second-order valence-corrected chi connectivity index (χ2v) is 17.7. The van der Waals surface area contributed by atoms with Crippen molar-refractivity contribution >= 4 is 19.8 Å². The molecule has 0 spiro atoms. The first-order chi connectivity index (χ1) is 26.3. The summed E-state index contributed by atoms with van der Waals surface area (Å²) in [4.78, 5) is 46.6. The Bertz CT molecular complexity index is 1020. The predicted octanol–water partition coefficient (Wildman–Crippen LogP) is 10.3. The highest BCUT2D eigenvalue weighted by Crippen LogP contribution is 2.37. The van der Waals surface area contributed by atoms with Crippen molar-refractivity contribution in [3.05, 3.63) is 24.3 Å². The van der Waals surface area contributed by atoms with Crippen molar-refractivity contribution in [2.24, 2.45) is 5.92 Å². The number of quaternary nitrogens is 1. The average molecular weight is 802 g/mol. The molecule has 0 saturated carbocycles. The van der Waals surface area contributed by atoms with Crippen molar-refractivity contribution < 1.29 is 47.5 Å². The standard InChI is InChI=1S/C44H84NO9P/c1-6-8-10-12-14-16-18-20-21-22-24-26-28-30-32-34-43(47)52-39-41(38-46)53-44(48)36-35-40(42(37-45(3,4)5)54-55(49,50)51)33-31-29-27-25-23-19-17-15-13-11-9-7-2/h20-21,23,25,40-42,46H,6-19,22,24,26-39H2,1-5H3,(H-,49,50,51)/b21-20-,25-23-/t40?,41-,42?/m0/s1. The van der Waals surface area contributed by atoms with Gasteiger partial charge in [0.1, 0.15) is 19.3 Å². The van der Waals surface area contributed by atoms with E-state index in [1.165, 1.54) is 83.5 Å². The molecule has 2 N–H and O–H groups in total. The van der Waals surface area contributed by atoms with Crippen LogP contribution in [-0.4, -0.2) is 79.5 Å². The van der Waals surface area contributed by atoms with E-state index >= 15 is 0 Å². The number of phosphoric ester groups is 1. The molecular weight excluding hydrogens is 717 g/mol. The Morgan fingerprint density at radius 2 is 1.11 bits per heavy atom. The summed E-state index contributed by atoms with van der Waals surface area (Å²) in [6, 6.07) is 0. The van der Waals surface area contributed by atoms with Crippen LogP contribution in [0, 0.1) is 5.92 Å². The minimum atomic E-state index is -5.02. The van der Waals surface area contributed by atoms with E-state index in [1.807, 2.05) is 21.1 Å². The van der Waals surface area contributed by atoms with Crippen LogP contribution in [0.15, 0.2) is 24.3 Å². The molecule has 324 valence electrons. The molecule has 0 aromatic carbocycles. The third-order valence-corrected chi connectivity index (χ3v) is 10.4. The molecule has 0 bridgehead atoms. The van der Waals surface area contributed by atoms with Crippen LogP contribution < -0.4 is 4.89 Å². The number of rotatable bonds is 39. The zero-order valence-electron chi connectivity index (χ0n) is 35.9. The number of esters is 2. The summed E-state index contributed by atoms with van der Waals surface area (Å²) in [7, 11) is 0.711. The fourth-order valence-electron chi connectivity index (χ4n) is 6.71. The fourth-order valence-corrected chi connectivity index (χ4v) is 7.29. The van der Waals surface area contributed by atoms with Gasteiger partial charge in [-0.1, -0.05) is 128 Å². The number of aliphatic hydroxyl groups excluding tert-OH is 1. The second kappa shape index (κ2) is 35.6. The zero-order chi connectivity index (χ0) is 41.0. The normalized spacial score (nSPS) is 15.0. The molecule has 10 nitrogen and oxygen atoms in total. The highest BCUT2D eigenvalue weighted by Gasteiger charge is 2.31. The number of aliphatic hydroxyl groups is 1. The van der Waals surface area contributed by atoms with Crippen molar-refractivity contribution in [3.8, 4) is 0 Å². The van der Waals surface area contributed by atoms with E-state index in [4.69, 9.17) is 14.0 Å². The summed E-state index contributed by atoms with van der Waals surface area (Å²) in [6.45, 7) is 4.08. The van der Waals surface area contributed by atoms with Crippen LogP contribution in [0.25, 0.3) is 0 Å². The Kier molecular flexibility index (Phi) is 34.6. The van der Waals surface area contributed by atoms with Gasteiger partial charge in [-0.2, -0.15) is 0 Å². The number of phosphoric acid groups is 1. The van der Waals surface area contributed by atoms with Crippen LogP contribution in [0.4, 0.5) is 0 Å². The summed E-state index contributed by atoms with van der Waals surface area (Å²) < 4.78 is 28.2. The number of carbonyl (C=O) groups is 2. The van der Waals surface area contributed by atoms with E-state index in [0.717, 1.165) is 64.2 Å². The van der Waals surface area contributed by atoms with Gasteiger partial charge in [-0.05, 0) is 76.5 Å². The Morgan fingerprint density at radius 1 is 0.655 bits per heavy atom. The van der Waals surface area contributed by atoms with Gasteiger partial charge >= 0.3 is 11.9 Å². The summed E-state index contributed by atoms with van der Waals surface area (Å²) in [5.74, 6) is -1.28. The van der Waals surface area contributed by atoms with Gasteiger partial charge in [-0.25, -0.2) is 0 Å². The van der Waals surface area contributed by atoms with Crippen LogP contribution in [0.3, 0.4) is 0 Å². The van der Waals surface area contributed by atoms with Gasteiger partial charge in [-0.3, -0.25) is 14.2 Å². The molecule has 0 aliphatic carbocycles. The van der Waals surface area contributed by atoms with E-state index in [2.05, 4.69) is 38.2 Å². The Hall–Kier alpha value is -1.55. The lowest BCUT2D eigenvalue weighted by atomic mass is 9.90. The first kappa shape index (κ1) is 53.5. The fraction of sp³-hybridized carbons (Fsp3) is 0.864. The highest BCUT2D eigenvalue weighted by molar-refractivity contribution is 7.44. The Balaban J connectivity index is 4.62. The molecule has 0 heterocycles. The lowest BCUT2D eigenvalue weighted by Gasteiger charge is -2.35. The molecule has 0 rings (SSSR count). The molecule has 0 aliphatic heterocycles. The molecule has 0 aliphatic rings. The van der Waals surface area contributed by atoms with Gasteiger partial charge in [-0.15, -0.1) is 0 Å². The molecule has 0 saturated heterocycles. The van der Waals surface area contributed by atoms with E-state index < -0.39 is 32.6 Å². The predicted molar refractivity (Wildman–Crippen MR) is 223 cm³/mol. The first-order valence-electron chi connectivity index (χ1n) is 22.1. The lowest BCUT2D eigenvalue weighted by Crippen LogP contribution is -2.45. The summed E-state index contributed by atoms with van der Waals surface area (Å²) >= 11 is 0. The molecule has 0 amide bonds. The van der Waals surface area contributed by atoms with Gasteiger partial charge in [0.2, 0.25) is 0 Å². The van der Waals surface area contributed by atoms with Crippen LogP contribution in [0.5, 0.6) is 0 Å². The number of carbonyl (C=O) groups excluding carboxylic acids is 2. The summed E-state index contributed by atoms with van der Waals surface area (Å²) in [5, 5.41) is 9.81. The molecule has 3 unspecified atom stereocenters. The van der Waals surface area contributed by atoms with Gasteiger partial charge in [0.25, 0.3) is 7.82 Å². The van der Waals surface area contributed by atoms with Crippen molar-refractivity contribution in [1.29, 1.82) is 0 Å². The Labute approximate surface area is 337 Å². The molecule has 0 fully saturated rings. The third-order valence-electron chi connectivity index (χ3n) is 9.90. The van der Waals surface area contributed by atoms with Crippen LogP contribution in [-0.2, 0) is 28.2 Å². The first-order valence-corrected chi connectivity index (χ1v) is 23.6. The van der Waals surface area contributed by atoms with Crippen molar-refractivity contribution in [2.45, 2.75) is 199 Å². The van der Waals surface area contributed by atoms with E-state index in [-0.39, 0.29) is 37.8 Å². The van der Waals surface area contributed by atoms with Gasteiger partial charge in [0.15, 0.2) is 6.10 Å². The molecule has 0 aromatic heterocycles. The number of hydrogen-bond donors (Lipinski definition) is 2. The topological polar surface area (TPSA) is 142 Å². The molecule has 4 atom stereocenters. The summed E-state index contributed by atoms with van der Waals surface area (Å²) in [6.07, 6.45) is 35.0. The van der Waals surface area contributed by atoms with Crippen LogP contribution in [0.1, 0.15) is 187 Å². The zero-order valence-corrected chi connectivity index (χ0v) is 36.8. The van der Waals surface area contributed by atoms with Crippen molar-refractivity contribution in [3.63, 3.8) is 0 Å². The van der Waals surface area contributed by atoms with Crippen molar-refractivity contribution in [1.82, 2.24) is 0 Å². The number of unbranched alkanes of at least 4 members (excludes halogenated alkanes) is 19. The number of hydrogen-bond acceptors (Lipinski definition) is 8. The maximum Gasteiger partial charge on any atom is 0.306 e. The molecule has 0 radical (unpaired) electrons. The SMILES string of the molecule is CCCCCCCC/C=C\CCCCCCCC(=O)OC[C@H](CO)OC(=O)CCC(CCCC/C=C\CCCCCCCC)C(C[N+](C)(C)C)OP(=O)([O-])O. The third kappa shape index (κ3) is 37.8. The largest absolute Gasteiger partial charge is 0.756 e. The molecule has 0 aromatic rings. The number of allylic oxidation sites excluding steroid dienone is 4. The highest BCUT2D eigenvalue weighted by atomic mass is 31.2. The molecule has 11 heteroatoms. The van der Waals surface area contributed by atoms with Crippen LogP contribution in [0.2, 0.25) is 0 Å². The van der Waals surface area contributed by atoms with Gasteiger partial charge in [0, 0.05) is 12.8 Å². The maximum absolute atomic E-state index is 12.9. The number of nitrogens with zero attached hydrogens (tertiary/aromatic N) is 1. The minimum absolute atomic E-state index is 0.0340. The van der Waals surface area contributed by atoms with E-state index in [0.29, 0.717) is 17.4 Å². The Morgan fingerprint density at radius 3 is 1.56 bits per heavy atom. The summed E-state index contributed by atoms with van der Waals surface area (Å²) in [5.41, 5.74) is 0. The monoisotopic (exact) mass is 802 g/mol. The molecule has 55 heavy (non-hydrogen) atoms. The number of ether oxygens (including phenoxy) is 2. The smallest absolute Gasteiger partial charge is 0.306 e. The minimum Gasteiger partial charge on any atom is -0.756 e. The quantitative estimate of drug-likeness (QED) is 0.0204. The average Bonchev–Trinajstić information content (AvgIpc) is 3.11. The van der Waals surface area contributed by atoms with Crippen LogP contribution >= 0.6 is 7.82 Å². The van der Waals surface area contributed by atoms with E-state index in [9.17, 15) is 29.0 Å². The lowest BCUT2D eigenvalue weighted by molar-refractivity contribution is -0.873.